The maximum atomic E-state index is 14.8. The number of ether oxygens (including phenoxy) is 2. The Morgan fingerprint density at radius 1 is 1.18 bits per heavy atom. The number of nitrogens with zero attached hydrogens (tertiary/aromatic N) is 3. The Bertz CT molecular complexity index is 1360. The molecule has 0 bridgehead atoms. The number of benzene rings is 2. The van der Waals surface area contributed by atoms with E-state index < -0.39 is 37.8 Å². The first kappa shape index (κ1) is 28.6. The van der Waals surface area contributed by atoms with Gasteiger partial charge < -0.3 is 20.1 Å². The van der Waals surface area contributed by atoms with Crippen molar-refractivity contribution in [1.29, 1.82) is 0 Å². The van der Waals surface area contributed by atoms with Gasteiger partial charge in [-0.25, -0.2) is 23.2 Å². The van der Waals surface area contributed by atoms with Crippen molar-refractivity contribution in [2.75, 3.05) is 11.9 Å². The molecule has 1 aromatic heterocycles. The molecule has 0 saturated heterocycles. The standard InChI is InChI=1S/C26H30ClF2N5O4Si/c1-39(2,3)11-10-37-15-34-14-30-23(33-34)13-38-26(36)32-22-9-6-17-18(5-8-21(29)24(17)22)25(35)31-16-4-7-20(28)19(27)12-16/h4-5,7-8,12,14,22H,6,9-11,13,15H2,1-3H3,(H,31,35)(H,32,36)/t22-/m0/s1. The smallest absolute Gasteiger partial charge is 0.408 e. The molecule has 208 valence electrons. The molecule has 2 amide bonds. The third-order valence-corrected chi connectivity index (χ3v) is 8.18. The number of halogens is 3. The molecule has 1 atom stereocenters. The molecular formula is C26H30ClF2N5O4Si. The SMILES string of the molecule is C[Si](C)(C)CCOCn1cnc(COC(=O)N[C@H]2CCc3c(C(=O)Nc4ccc(F)c(Cl)c4)ccc(F)c32)n1. The fourth-order valence-corrected chi connectivity index (χ4v) is 5.09. The number of hydrogen-bond acceptors (Lipinski definition) is 6. The number of carbonyl (C=O) groups is 2. The van der Waals surface area contributed by atoms with Gasteiger partial charge in [0.15, 0.2) is 12.4 Å². The Kier molecular flexibility index (Phi) is 8.98. The molecule has 13 heteroatoms. The number of aromatic nitrogens is 3. The molecule has 1 heterocycles. The number of fused-ring (bicyclic) bond motifs is 1. The van der Waals surface area contributed by atoms with Gasteiger partial charge in [-0.15, -0.1) is 0 Å². The summed E-state index contributed by atoms with van der Waals surface area (Å²) in [5, 5.41) is 9.40. The number of alkyl carbamates (subject to hydrolysis) is 1. The predicted octanol–water partition coefficient (Wildman–Crippen LogP) is 5.69. The Morgan fingerprint density at radius 3 is 2.69 bits per heavy atom. The largest absolute Gasteiger partial charge is 0.441 e. The first-order valence-electron chi connectivity index (χ1n) is 12.5. The van der Waals surface area contributed by atoms with Crippen LogP contribution in [0.2, 0.25) is 30.7 Å². The average molecular weight is 578 g/mol. The minimum absolute atomic E-state index is 0.132. The Balaban J connectivity index is 1.32. The van der Waals surface area contributed by atoms with E-state index in [1.54, 1.807) is 0 Å². The van der Waals surface area contributed by atoms with Gasteiger partial charge in [0, 0.05) is 31.5 Å². The highest BCUT2D eigenvalue weighted by atomic mass is 35.5. The van der Waals surface area contributed by atoms with Crippen LogP contribution in [0.1, 0.15) is 39.8 Å². The maximum Gasteiger partial charge on any atom is 0.408 e. The maximum absolute atomic E-state index is 14.8. The second kappa shape index (κ2) is 12.2. The highest BCUT2D eigenvalue weighted by Crippen LogP contribution is 2.36. The molecule has 1 aliphatic rings. The van der Waals surface area contributed by atoms with Crippen LogP contribution < -0.4 is 10.6 Å². The summed E-state index contributed by atoms with van der Waals surface area (Å²) in [5.41, 5.74) is 1.27. The van der Waals surface area contributed by atoms with Crippen LogP contribution in [-0.2, 0) is 29.2 Å². The van der Waals surface area contributed by atoms with Crippen LogP contribution in [0.25, 0.3) is 0 Å². The molecule has 4 rings (SSSR count). The topological polar surface area (TPSA) is 107 Å². The first-order valence-corrected chi connectivity index (χ1v) is 16.6. The summed E-state index contributed by atoms with van der Waals surface area (Å²) >= 11 is 5.79. The van der Waals surface area contributed by atoms with Crippen molar-refractivity contribution in [3.05, 3.63) is 75.8 Å². The van der Waals surface area contributed by atoms with Crippen LogP contribution in [0.3, 0.4) is 0 Å². The molecule has 39 heavy (non-hydrogen) atoms. The van der Waals surface area contributed by atoms with Gasteiger partial charge >= 0.3 is 6.09 Å². The lowest BCUT2D eigenvalue weighted by atomic mass is 10.0. The van der Waals surface area contributed by atoms with E-state index in [1.807, 2.05) is 0 Å². The van der Waals surface area contributed by atoms with Crippen LogP contribution >= 0.6 is 11.6 Å². The number of carbonyl (C=O) groups excluding carboxylic acids is 2. The van der Waals surface area contributed by atoms with Crippen molar-refractivity contribution < 1.29 is 27.8 Å². The predicted molar refractivity (Wildman–Crippen MR) is 144 cm³/mol. The lowest BCUT2D eigenvalue weighted by Gasteiger charge is -2.16. The molecule has 0 aliphatic heterocycles. The van der Waals surface area contributed by atoms with Gasteiger partial charge in [0.1, 0.15) is 24.7 Å². The average Bonchev–Trinajstić information content (AvgIpc) is 3.50. The summed E-state index contributed by atoms with van der Waals surface area (Å²) in [6.45, 7) is 7.55. The van der Waals surface area contributed by atoms with E-state index in [4.69, 9.17) is 21.1 Å². The lowest BCUT2D eigenvalue weighted by molar-refractivity contribution is 0.0774. The van der Waals surface area contributed by atoms with Gasteiger partial charge in [0.2, 0.25) is 0 Å². The summed E-state index contributed by atoms with van der Waals surface area (Å²) in [7, 11) is -1.18. The van der Waals surface area contributed by atoms with Crippen molar-refractivity contribution in [2.45, 2.75) is 57.9 Å². The molecule has 0 spiro atoms. The zero-order chi connectivity index (χ0) is 28.2. The van der Waals surface area contributed by atoms with Gasteiger partial charge in [-0.1, -0.05) is 31.2 Å². The van der Waals surface area contributed by atoms with E-state index in [9.17, 15) is 18.4 Å². The summed E-state index contributed by atoms with van der Waals surface area (Å²) in [5.74, 6) is -1.34. The summed E-state index contributed by atoms with van der Waals surface area (Å²) in [4.78, 5) is 29.5. The molecule has 0 radical (unpaired) electrons. The van der Waals surface area contributed by atoms with Crippen molar-refractivity contribution in [2.24, 2.45) is 0 Å². The van der Waals surface area contributed by atoms with Crippen LogP contribution in [0, 0.1) is 11.6 Å². The molecule has 1 aliphatic carbocycles. The molecule has 2 N–H and O–H groups in total. The third kappa shape index (κ3) is 7.61. The quantitative estimate of drug-likeness (QED) is 0.237. The number of hydrogen-bond donors (Lipinski definition) is 2. The van der Waals surface area contributed by atoms with Gasteiger partial charge in [-0.05, 0) is 54.8 Å². The molecule has 0 saturated carbocycles. The number of nitrogens with one attached hydrogen (secondary N) is 2. The Hall–Kier alpha value is -3.35. The minimum atomic E-state index is -1.18. The van der Waals surface area contributed by atoms with Crippen LogP contribution in [0.5, 0.6) is 0 Å². The molecule has 9 nitrogen and oxygen atoms in total. The molecule has 2 aromatic carbocycles. The summed E-state index contributed by atoms with van der Waals surface area (Å²) in [6.07, 6.45) is 1.50. The van der Waals surface area contributed by atoms with Gasteiger partial charge in [-0.2, -0.15) is 5.10 Å². The van der Waals surface area contributed by atoms with Crippen LogP contribution in [0.4, 0.5) is 19.3 Å². The van der Waals surface area contributed by atoms with Crippen LogP contribution in [0.15, 0.2) is 36.7 Å². The van der Waals surface area contributed by atoms with E-state index in [-0.39, 0.29) is 29.5 Å². The molecule has 0 fully saturated rings. The highest BCUT2D eigenvalue weighted by Gasteiger charge is 2.31. The van der Waals surface area contributed by atoms with Crippen molar-refractivity contribution in [3.8, 4) is 0 Å². The van der Waals surface area contributed by atoms with Crippen molar-refractivity contribution in [1.82, 2.24) is 20.1 Å². The van der Waals surface area contributed by atoms with E-state index in [0.717, 1.165) is 12.1 Å². The number of anilines is 1. The van der Waals surface area contributed by atoms with E-state index in [0.29, 0.717) is 36.5 Å². The minimum Gasteiger partial charge on any atom is -0.441 e. The third-order valence-electron chi connectivity index (χ3n) is 6.19. The normalized spacial score (nSPS) is 14.7. The van der Waals surface area contributed by atoms with E-state index in [2.05, 4.69) is 40.4 Å². The molecule has 3 aromatic rings. The van der Waals surface area contributed by atoms with Gasteiger partial charge in [0.25, 0.3) is 5.91 Å². The summed E-state index contributed by atoms with van der Waals surface area (Å²) < 4.78 is 40.6. The highest BCUT2D eigenvalue weighted by molar-refractivity contribution is 6.76. The fourth-order valence-electron chi connectivity index (χ4n) is 4.16. The van der Waals surface area contributed by atoms with E-state index in [1.165, 1.54) is 35.3 Å². The van der Waals surface area contributed by atoms with Crippen molar-refractivity contribution in [3.63, 3.8) is 0 Å². The number of amides is 2. The summed E-state index contributed by atoms with van der Waals surface area (Å²) in [6, 6.07) is 6.73. The van der Waals surface area contributed by atoms with Crippen LogP contribution in [-0.4, -0.2) is 41.4 Å². The zero-order valence-electron chi connectivity index (χ0n) is 21.9. The van der Waals surface area contributed by atoms with E-state index >= 15 is 0 Å². The van der Waals surface area contributed by atoms with Crippen molar-refractivity contribution >= 4 is 37.4 Å². The number of rotatable bonds is 10. The van der Waals surface area contributed by atoms with Gasteiger partial charge in [-0.3, -0.25) is 4.79 Å². The first-order chi connectivity index (χ1) is 18.5. The Labute approximate surface area is 230 Å². The monoisotopic (exact) mass is 577 g/mol. The second-order valence-electron chi connectivity index (χ2n) is 10.4. The zero-order valence-corrected chi connectivity index (χ0v) is 23.6. The Morgan fingerprint density at radius 2 is 1.95 bits per heavy atom. The van der Waals surface area contributed by atoms with Gasteiger partial charge in [0.05, 0.1) is 11.1 Å². The molecular weight excluding hydrogens is 548 g/mol. The molecule has 0 unspecified atom stereocenters. The fraction of sp³-hybridized carbons (Fsp3) is 0.385. The second-order valence-corrected chi connectivity index (χ2v) is 16.5. The lowest BCUT2D eigenvalue weighted by Crippen LogP contribution is -2.28.